The molecule has 5 rings (SSSR count). The lowest BCUT2D eigenvalue weighted by molar-refractivity contribution is -0.163. The van der Waals surface area contributed by atoms with Crippen molar-refractivity contribution in [1.82, 2.24) is 19.9 Å². The number of fused-ring (bicyclic) bond motifs is 2. The average Bonchev–Trinajstić information content (AvgIpc) is 3.57. The van der Waals surface area contributed by atoms with Gasteiger partial charge in [-0.25, -0.2) is 9.97 Å². The van der Waals surface area contributed by atoms with Crippen LogP contribution in [0.4, 0.5) is 0 Å². The van der Waals surface area contributed by atoms with Gasteiger partial charge in [0.1, 0.15) is 17.7 Å². The van der Waals surface area contributed by atoms with Crippen LogP contribution >= 0.6 is 22.9 Å². The van der Waals surface area contributed by atoms with E-state index in [0.29, 0.717) is 18.9 Å². The molecule has 7 nitrogen and oxygen atoms in total. The Hall–Kier alpha value is -2.00. The van der Waals surface area contributed by atoms with E-state index in [1.54, 1.807) is 11.3 Å². The van der Waals surface area contributed by atoms with Crippen molar-refractivity contribution in [2.24, 2.45) is 11.8 Å². The number of nitrogens with one attached hydrogen (secondary N) is 1. The molecule has 0 spiro atoms. The number of carbonyl (C=O) groups excluding carboxylic acids is 1. The summed E-state index contributed by atoms with van der Waals surface area (Å²) in [5, 5.41) is 5.88. The maximum Gasteiger partial charge on any atom is 0.225 e. The Balaban J connectivity index is 1.43. The van der Waals surface area contributed by atoms with Crippen molar-refractivity contribution in [3.8, 4) is 0 Å². The van der Waals surface area contributed by atoms with Gasteiger partial charge in [-0.05, 0) is 69.0 Å². The summed E-state index contributed by atoms with van der Waals surface area (Å²) in [6.45, 7) is 8.56. The highest BCUT2D eigenvalue weighted by atomic mass is 35.5. The summed E-state index contributed by atoms with van der Waals surface area (Å²) in [5.41, 5.74) is 2.94. The first-order chi connectivity index (χ1) is 16.8. The first-order valence-corrected chi connectivity index (χ1v) is 13.7. The van der Waals surface area contributed by atoms with E-state index in [0.717, 1.165) is 35.4 Å². The van der Waals surface area contributed by atoms with Crippen molar-refractivity contribution in [2.45, 2.75) is 77.4 Å². The molecular weight excluding hydrogens is 484 g/mol. The molecule has 0 radical (unpaired) electrons. The van der Waals surface area contributed by atoms with E-state index in [9.17, 15) is 4.79 Å². The topological polar surface area (TPSA) is 78.3 Å². The smallest absolute Gasteiger partial charge is 0.225 e. The summed E-state index contributed by atoms with van der Waals surface area (Å²) < 4.78 is 14.6. The van der Waals surface area contributed by atoms with Crippen LogP contribution in [0.5, 0.6) is 0 Å². The van der Waals surface area contributed by atoms with Crippen molar-refractivity contribution in [1.29, 1.82) is 0 Å². The van der Waals surface area contributed by atoms with Gasteiger partial charge in [0.25, 0.3) is 0 Å². The number of ether oxygens (including phenoxy) is 2. The number of nitrogens with zero attached hydrogens (tertiary/aromatic N) is 3. The molecule has 2 fully saturated rings. The van der Waals surface area contributed by atoms with Crippen molar-refractivity contribution < 1.29 is 14.3 Å². The fraction of sp³-hybridized carbons (Fsp3) is 0.577. The Morgan fingerprint density at radius 1 is 1.26 bits per heavy atom. The monoisotopic (exact) mass is 516 g/mol. The fourth-order valence-corrected chi connectivity index (χ4v) is 6.82. The SMILES string of the molecule is CCNC(=O)C1CC(n2cnc3c(CC(CC)Cc4sccc4Cl)ccnc32)C2OC(C)(C)OC12. The lowest BCUT2D eigenvalue weighted by atomic mass is 9.93. The van der Waals surface area contributed by atoms with Crippen molar-refractivity contribution >= 4 is 40.0 Å². The third kappa shape index (κ3) is 4.73. The Kier molecular flexibility index (Phi) is 6.92. The van der Waals surface area contributed by atoms with Gasteiger partial charge in [0, 0.05) is 17.6 Å². The molecule has 3 aromatic rings. The first kappa shape index (κ1) is 24.7. The quantitative estimate of drug-likeness (QED) is 0.446. The molecule has 2 aliphatic rings. The Morgan fingerprint density at radius 3 is 2.77 bits per heavy atom. The Bertz CT molecular complexity index is 1210. The van der Waals surface area contributed by atoms with E-state index in [4.69, 9.17) is 31.0 Å². The molecule has 35 heavy (non-hydrogen) atoms. The molecule has 9 heteroatoms. The second-order valence-electron chi connectivity index (χ2n) is 10.0. The van der Waals surface area contributed by atoms with Gasteiger partial charge in [-0.1, -0.05) is 24.9 Å². The van der Waals surface area contributed by atoms with E-state index in [2.05, 4.69) is 28.3 Å². The highest BCUT2D eigenvalue weighted by Crippen LogP contribution is 2.47. The normalized spacial score (nSPS) is 26.2. The molecule has 5 atom stereocenters. The second kappa shape index (κ2) is 9.81. The Labute approximate surface area is 215 Å². The predicted octanol–water partition coefficient (Wildman–Crippen LogP) is 5.17. The van der Waals surface area contributed by atoms with E-state index in [1.807, 2.05) is 39.4 Å². The number of carbonyl (C=O) groups is 1. The number of thiophene rings is 1. The molecule has 1 aliphatic heterocycles. The number of hydrogen-bond acceptors (Lipinski definition) is 6. The summed E-state index contributed by atoms with van der Waals surface area (Å²) >= 11 is 8.09. The summed E-state index contributed by atoms with van der Waals surface area (Å²) in [5.74, 6) is -0.521. The molecule has 1 N–H and O–H groups in total. The minimum atomic E-state index is -0.731. The number of hydrogen-bond donors (Lipinski definition) is 1. The molecule has 3 aromatic heterocycles. The molecule has 5 unspecified atom stereocenters. The highest BCUT2D eigenvalue weighted by molar-refractivity contribution is 7.10. The zero-order chi connectivity index (χ0) is 24.7. The third-order valence-electron chi connectivity index (χ3n) is 7.28. The highest BCUT2D eigenvalue weighted by Gasteiger charge is 2.56. The van der Waals surface area contributed by atoms with Gasteiger partial charge in [0.05, 0.1) is 23.3 Å². The molecule has 0 bridgehead atoms. The number of aromatic nitrogens is 3. The fourth-order valence-electron chi connectivity index (χ4n) is 5.59. The van der Waals surface area contributed by atoms with Crippen molar-refractivity contribution in [3.05, 3.63) is 45.5 Å². The van der Waals surface area contributed by atoms with Gasteiger partial charge in [0.15, 0.2) is 11.4 Å². The number of imidazole rings is 1. The maximum atomic E-state index is 12.8. The Morgan fingerprint density at radius 2 is 2.06 bits per heavy atom. The summed E-state index contributed by atoms with van der Waals surface area (Å²) in [7, 11) is 0. The molecule has 188 valence electrons. The van der Waals surface area contributed by atoms with Crippen LogP contribution in [-0.4, -0.2) is 45.0 Å². The first-order valence-electron chi connectivity index (χ1n) is 12.5. The summed E-state index contributed by atoms with van der Waals surface area (Å²) in [4.78, 5) is 23.6. The number of pyridine rings is 1. The zero-order valence-electron chi connectivity index (χ0n) is 20.7. The van der Waals surface area contributed by atoms with E-state index in [-0.39, 0.29) is 30.1 Å². The van der Waals surface area contributed by atoms with Crippen LogP contribution in [-0.2, 0) is 27.1 Å². The molecule has 1 amide bonds. The number of halogens is 1. The van der Waals surface area contributed by atoms with Crippen LogP contribution < -0.4 is 5.32 Å². The molecule has 1 aliphatic carbocycles. The van der Waals surface area contributed by atoms with Crippen LogP contribution in [0.1, 0.15) is 57.0 Å². The minimum Gasteiger partial charge on any atom is -0.356 e. The van der Waals surface area contributed by atoms with Crippen molar-refractivity contribution in [2.75, 3.05) is 6.54 Å². The van der Waals surface area contributed by atoms with Crippen LogP contribution in [0.25, 0.3) is 11.2 Å². The van der Waals surface area contributed by atoms with Crippen LogP contribution in [0.2, 0.25) is 5.02 Å². The number of amides is 1. The third-order valence-corrected chi connectivity index (χ3v) is 8.68. The zero-order valence-corrected chi connectivity index (χ0v) is 22.2. The molecule has 1 saturated heterocycles. The van der Waals surface area contributed by atoms with Gasteiger partial charge < -0.3 is 19.4 Å². The van der Waals surface area contributed by atoms with E-state index < -0.39 is 5.79 Å². The van der Waals surface area contributed by atoms with Crippen LogP contribution in [0.3, 0.4) is 0 Å². The lowest BCUT2D eigenvalue weighted by Crippen LogP contribution is -2.37. The van der Waals surface area contributed by atoms with Gasteiger partial charge in [-0.2, -0.15) is 0 Å². The summed E-state index contributed by atoms with van der Waals surface area (Å²) in [6, 6.07) is 3.97. The average molecular weight is 517 g/mol. The van der Waals surface area contributed by atoms with E-state index >= 15 is 0 Å². The molecular formula is C26H33ClN4O3S. The van der Waals surface area contributed by atoms with Crippen LogP contribution in [0, 0.1) is 11.8 Å². The van der Waals surface area contributed by atoms with Gasteiger partial charge in [0.2, 0.25) is 5.91 Å². The molecule has 1 saturated carbocycles. The largest absolute Gasteiger partial charge is 0.356 e. The predicted molar refractivity (Wildman–Crippen MR) is 138 cm³/mol. The minimum absolute atomic E-state index is 0.0161. The van der Waals surface area contributed by atoms with Gasteiger partial charge in [-0.15, -0.1) is 11.3 Å². The standard InChI is InChI=1S/C26H33ClN4O3S/c1-5-15(12-20-18(27)8-10-35-20)11-16-7-9-29-24-21(16)30-14-31(24)19-13-17(25(32)28-6-2)22-23(19)34-26(3,4)33-22/h7-10,14-15,17,19,22-23H,5-6,11-13H2,1-4H3,(H,28,32). The van der Waals surface area contributed by atoms with Gasteiger partial charge in [-0.3, -0.25) is 4.79 Å². The second-order valence-corrected chi connectivity index (χ2v) is 11.4. The number of rotatable bonds is 8. The lowest BCUT2D eigenvalue weighted by Gasteiger charge is -2.24. The molecule has 0 aromatic carbocycles. The maximum absolute atomic E-state index is 12.8. The summed E-state index contributed by atoms with van der Waals surface area (Å²) in [6.07, 6.45) is 6.75. The van der Waals surface area contributed by atoms with Crippen LogP contribution in [0.15, 0.2) is 30.0 Å². The van der Waals surface area contributed by atoms with E-state index in [1.165, 1.54) is 10.4 Å². The van der Waals surface area contributed by atoms with Gasteiger partial charge >= 0.3 is 0 Å². The van der Waals surface area contributed by atoms with Crippen molar-refractivity contribution in [3.63, 3.8) is 0 Å². The molecule has 4 heterocycles.